The number of anilines is 1. The predicted molar refractivity (Wildman–Crippen MR) is 68.4 cm³/mol. The monoisotopic (exact) mass is 289 g/mol. The smallest absolute Gasteiger partial charge is 0.175 e. The van der Waals surface area contributed by atoms with Crippen LogP contribution in [0.4, 0.5) is 5.69 Å². The van der Waals surface area contributed by atoms with Gasteiger partial charge in [-0.3, -0.25) is 0 Å². The molecule has 2 aliphatic rings. The van der Waals surface area contributed by atoms with Crippen LogP contribution in [0.3, 0.4) is 0 Å². The predicted octanol–water partition coefficient (Wildman–Crippen LogP) is 1.78. The summed E-state index contributed by atoms with van der Waals surface area (Å²) >= 11 is 12.0. The zero-order chi connectivity index (χ0) is 12.8. The quantitative estimate of drug-likeness (QED) is 0.789. The molecule has 98 valence electrons. The van der Waals surface area contributed by atoms with E-state index >= 15 is 0 Å². The van der Waals surface area contributed by atoms with Crippen LogP contribution in [-0.2, 0) is 9.47 Å². The van der Waals surface area contributed by atoms with Crippen LogP contribution in [-0.4, -0.2) is 48.2 Å². The van der Waals surface area contributed by atoms with E-state index in [2.05, 4.69) is 22.0 Å². The van der Waals surface area contributed by atoms with E-state index in [0.29, 0.717) is 30.1 Å². The summed E-state index contributed by atoms with van der Waals surface area (Å²) in [6, 6.07) is 1.91. The molecule has 0 N–H and O–H groups in total. The van der Waals surface area contributed by atoms with Gasteiger partial charge in [0.2, 0.25) is 0 Å². The normalized spacial score (nSPS) is 26.2. The first-order chi connectivity index (χ1) is 8.62. The second-order valence-corrected chi connectivity index (χ2v) is 5.36. The molecular formula is C11H13Cl2N3O2. The van der Waals surface area contributed by atoms with Crippen molar-refractivity contribution in [1.29, 1.82) is 0 Å². The fraction of sp³-hybridized carbons (Fsp3) is 0.636. The fourth-order valence-electron chi connectivity index (χ4n) is 2.45. The van der Waals surface area contributed by atoms with Gasteiger partial charge < -0.3 is 14.4 Å². The Morgan fingerprint density at radius 3 is 2.83 bits per heavy atom. The Balaban J connectivity index is 1.93. The van der Waals surface area contributed by atoms with Gasteiger partial charge in [0.15, 0.2) is 10.3 Å². The number of morpholine rings is 1. The lowest BCUT2D eigenvalue weighted by molar-refractivity contribution is -0.227. The van der Waals surface area contributed by atoms with Crippen molar-refractivity contribution in [2.24, 2.45) is 0 Å². The van der Waals surface area contributed by atoms with Crippen molar-refractivity contribution in [1.82, 2.24) is 10.2 Å². The van der Waals surface area contributed by atoms with Gasteiger partial charge in [0.1, 0.15) is 5.60 Å². The van der Waals surface area contributed by atoms with Crippen molar-refractivity contribution in [2.45, 2.75) is 18.6 Å². The molecule has 0 aliphatic carbocycles. The van der Waals surface area contributed by atoms with Crippen molar-refractivity contribution in [3.63, 3.8) is 0 Å². The molecule has 1 aromatic rings. The molecular weight excluding hydrogens is 277 g/mol. The average molecular weight is 290 g/mol. The molecule has 2 aliphatic heterocycles. The van der Waals surface area contributed by atoms with Gasteiger partial charge in [-0.1, -0.05) is 23.2 Å². The van der Waals surface area contributed by atoms with Crippen LogP contribution in [0.5, 0.6) is 0 Å². The summed E-state index contributed by atoms with van der Waals surface area (Å²) < 4.78 is 11.1. The molecule has 0 saturated carbocycles. The molecule has 0 bridgehead atoms. The molecule has 18 heavy (non-hydrogen) atoms. The van der Waals surface area contributed by atoms with Crippen molar-refractivity contribution in [2.75, 3.05) is 31.3 Å². The Labute approximate surface area is 115 Å². The highest BCUT2D eigenvalue weighted by Crippen LogP contribution is 2.37. The van der Waals surface area contributed by atoms with Crippen molar-refractivity contribution in [3.05, 3.63) is 16.4 Å². The third-order valence-corrected chi connectivity index (χ3v) is 4.11. The van der Waals surface area contributed by atoms with E-state index < -0.39 is 0 Å². The minimum Gasteiger partial charge on any atom is -0.375 e. The first-order valence-electron chi connectivity index (χ1n) is 5.79. The lowest BCUT2D eigenvalue weighted by Gasteiger charge is -2.53. The maximum absolute atomic E-state index is 6.10. The van der Waals surface area contributed by atoms with E-state index in [4.69, 9.17) is 32.7 Å². The molecule has 5 nitrogen and oxygen atoms in total. The van der Waals surface area contributed by atoms with Gasteiger partial charge in [0, 0.05) is 12.6 Å². The Hall–Kier alpha value is -0.620. The van der Waals surface area contributed by atoms with Gasteiger partial charge in [-0.15, -0.1) is 10.2 Å². The molecule has 1 aromatic heterocycles. The Bertz CT molecular complexity index is 468. The standard InChI is InChI=1S/C11H13Cl2N3O2/c1-7-11(5-17-6-11)18-3-2-16(7)8-4-9(12)14-15-10(8)13/h4,7H,2-3,5-6H2,1H3/t7-/m0/s1. The molecule has 1 atom stereocenters. The van der Waals surface area contributed by atoms with Gasteiger partial charge in [-0.25, -0.2) is 0 Å². The zero-order valence-corrected chi connectivity index (χ0v) is 11.4. The third-order valence-electron chi connectivity index (χ3n) is 3.65. The molecule has 1 spiro atoms. The number of halogens is 2. The van der Waals surface area contributed by atoms with E-state index in [1.165, 1.54) is 0 Å². The Morgan fingerprint density at radius 2 is 2.17 bits per heavy atom. The maximum Gasteiger partial charge on any atom is 0.175 e. The number of rotatable bonds is 1. The van der Waals surface area contributed by atoms with Crippen LogP contribution in [0.2, 0.25) is 10.3 Å². The molecule has 7 heteroatoms. The van der Waals surface area contributed by atoms with Crippen LogP contribution >= 0.6 is 23.2 Å². The highest BCUT2D eigenvalue weighted by molar-refractivity contribution is 6.33. The van der Waals surface area contributed by atoms with Crippen molar-refractivity contribution >= 4 is 28.9 Å². The number of nitrogens with zero attached hydrogens (tertiary/aromatic N) is 3. The molecule has 3 rings (SSSR count). The number of hydrogen-bond donors (Lipinski definition) is 0. The maximum atomic E-state index is 6.10. The SMILES string of the molecule is C[C@@H]1N(c2cc(Cl)nnc2Cl)CCOC12COC2. The molecule has 3 heterocycles. The van der Waals surface area contributed by atoms with Crippen LogP contribution in [0.25, 0.3) is 0 Å². The highest BCUT2D eigenvalue weighted by Gasteiger charge is 2.50. The molecule has 2 saturated heterocycles. The van der Waals surface area contributed by atoms with Crippen molar-refractivity contribution in [3.8, 4) is 0 Å². The minimum atomic E-state index is -0.225. The lowest BCUT2D eigenvalue weighted by atomic mass is 9.90. The summed E-state index contributed by atoms with van der Waals surface area (Å²) in [5.41, 5.74) is 0.580. The van der Waals surface area contributed by atoms with E-state index in [1.807, 2.05) is 0 Å². The van der Waals surface area contributed by atoms with Gasteiger partial charge in [-0.2, -0.15) is 0 Å². The second kappa shape index (κ2) is 4.49. The van der Waals surface area contributed by atoms with E-state index in [0.717, 1.165) is 12.2 Å². The van der Waals surface area contributed by atoms with Gasteiger partial charge in [0.25, 0.3) is 0 Å². The minimum absolute atomic E-state index is 0.165. The topological polar surface area (TPSA) is 47.5 Å². The van der Waals surface area contributed by atoms with E-state index in [9.17, 15) is 0 Å². The molecule has 0 unspecified atom stereocenters. The van der Waals surface area contributed by atoms with Gasteiger partial charge in [0.05, 0.1) is 31.5 Å². The van der Waals surface area contributed by atoms with Crippen LogP contribution < -0.4 is 4.90 Å². The summed E-state index contributed by atoms with van der Waals surface area (Å²) in [6.07, 6.45) is 0. The first-order valence-corrected chi connectivity index (χ1v) is 6.55. The number of ether oxygens (including phenoxy) is 2. The molecule has 0 aromatic carbocycles. The molecule has 0 amide bonds. The Morgan fingerprint density at radius 1 is 1.39 bits per heavy atom. The first kappa shape index (κ1) is 12.4. The van der Waals surface area contributed by atoms with Crippen LogP contribution in [0, 0.1) is 0 Å². The van der Waals surface area contributed by atoms with Gasteiger partial charge in [-0.05, 0) is 6.92 Å². The highest BCUT2D eigenvalue weighted by atomic mass is 35.5. The third kappa shape index (κ3) is 1.86. The number of hydrogen-bond acceptors (Lipinski definition) is 5. The van der Waals surface area contributed by atoms with Crippen LogP contribution in [0.1, 0.15) is 6.92 Å². The summed E-state index contributed by atoms with van der Waals surface area (Å²) in [5, 5.41) is 8.28. The molecule has 2 fully saturated rings. The van der Waals surface area contributed by atoms with E-state index in [-0.39, 0.29) is 11.6 Å². The summed E-state index contributed by atoms with van der Waals surface area (Å²) in [6.45, 7) is 4.74. The Kier molecular flexibility index (Phi) is 3.10. The van der Waals surface area contributed by atoms with Gasteiger partial charge >= 0.3 is 0 Å². The van der Waals surface area contributed by atoms with Crippen LogP contribution in [0.15, 0.2) is 6.07 Å². The second-order valence-electron chi connectivity index (χ2n) is 4.62. The summed E-state index contributed by atoms with van der Waals surface area (Å²) in [5.74, 6) is 0. The largest absolute Gasteiger partial charge is 0.375 e. The summed E-state index contributed by atoms with van der Waals surface area (Å²) in [7, 11) is 0. The average Bonchev–Trinajstić information content (AvgIpc) is 2.31. The zero-order valence-electron chi connectivity index (χ0n) is 9.90. The van der Waals surface area contributed by atoms with Crippen molar-refractivity contribution < 1.29 is 9.47 Å². The van der Waals surface area contributed by atoms with E-state index in [1.54, 1.807) is 6.07 Å². The number of aromatic nitrogens is 2. The lowest BCUT2D eigenvalue weighted by Crippen LogP contribution is -2.68. The fourth-order valence-corrected chi connectivity index (χ4v) is 2.79. The summed E-state index contributed by atoms with van der Waals surface area (Å²) in [4.78, 5) is 2.16. The molecule has 0 radical (unpaired) electrons.